The normalized spacial score (nSPS) is 31.9. The highest BCUT2D eigenvalue weighted by Crippen LogP contribution is 2.37. The lowest BCUT2D eigenvalue weighted by molar-refractivity contribution is -0.228. The van der Waals surface area contributed by atoms with Gasteiger partial charge in [0.05, 0.1) is 18.6 Å². The molecule has 0 spiro atoms. The molecule has 1 aliphatic rings. The van der Waals surface area contributed by atoms with E-state index >= 15 is 0 Å². The molecule has 1 aliphatic heterocycles. The van der Waals surface area contributed by atoms with Crippen LogP contribution in [0.5, 0.6) is 0 Å². The van der Waals surface area contributed by atoms with Crippen LogP contribution in [0.4, 0.5) is 13.2 Å². The van der Waals surface area contributed by atoms with E-state index in [-0.39, 0.29) is 13.0 Å². The van der Waals surface area contributed by atoms with Gasteiger partial charge in [0.15, 0.2) is 6.10 Å². The van der Waals surface area contributed by atoms with Gasteiger partial charge in [0.1, 0.15) is 0 Å². The van der Waals surface area contributed by atoms with Crippen molar-refractivity contribution in [1.82, 2.24) is 0 Å². The van der Waals surface area contributed by atoms with Crippen molar-refractivity contribution in [3.8, 4) is 0 Å². The summed E-state index contributed by atoms with van der Waals surface area (Å²) >= 11 is 0. The van der Waals surface area contributed by atoms with Gasteiger partial charge in [-0.25, -0.2) is 0 Å². The maximum absolute atomic E-state index is 12.4. The summed E-state index contributed by atoms with van der Waals surface area (Å²) < 4.78 is 46.3. The molecule has 0 aromatic heterocycles. The zero-order chi connectivity index (χ0) is 11.6. The van der Waals surface area contributed by atoms with Crippen molar-refractivity contribution in [3.63, 3.8) is 0 Å². The average molecular weight is 228 g/mol. The minimum Gasteiger partial charge on any atom is -0.481 e. The molecule has 15 heavy (non-hydrogen) atoms. The van der Waals surface area contributed by atoms with Crippen LogP contribution in [0.25, 0.3) is 0 Å². The summed E-state index contributed by atoms with van der Waals surface area (Å²) in [5.74, 6) is -3.03. The predicted molar refractivity (Wildman–Crippen MR) is 42.3 cm³/mol. The van der Waals surface area contributed by atoms with Crippen molar-refractivity contribution in [2.45, 2.75) is 24.8 Å². The van der Waals surface area contributed by atoms with Gasteiger partial charge in [-0.15, -0.1) is 0 Å². The first-order valence-electron chi connectivity index (χ1n) is 4.30. The molecule has 0 bridgehead atoms. The number of ether oxygens (including phenoxy) is 2. The van der Waals surface area contributed by atoms with Gasteiger partial charge in [-0.05, 0) is 6.42 Å². The maximum Gasteiger partial charge on any atom is 0.415 e. The van der Waals surface area contributed by atoms with Crippen LogP contribution in [0.2, 0.25) is 0 Å². The third-order valence-corrected chi connectivity index (χ3v) is 2.21. The number of halogens is 3. The van der Waals surface area contributed by atoms with Crippen molar-refractivity contribution in [2.75, 3.05) is 13.7 Å². The van der Waals surface area contributed by atoms with E-state index in [1.165, 1.54) is 7.11 Å². The van der Waals surface area contributed by atoms with E-state index in [4.69, 9.17) is 5.11 Å². The Balaban J connectivity index is 2.72. The van der Waals surface area contributed by atoms with Crippen LogP contribution in [0.3, 0.4) is 0 Å². The zero-order valence-electron chi connectivity index (χ0n) is 7.95. The largest absolute Gasteiger partial charge is 0.481 e. The Morgan fingerprint density at radius 3 is 2.53 bits per heavy atom. The Hall–Kier alpha value is -0.820. The molecule has 1 rings (SSSR count). The van der Waals surface area contributed by atoms with Crippen molar-refractivity contribution < 1.29 is 32.5 Å². The van der Waals surface area contributed by atoms with Crippen LogP contribution in [-0.2, 0) is 14.3 Å². The molecule has 3 atom stereocenters. The van der Waals surface area contributed by atoms with E-state index in [2.05, 4.69) is 9.47 Å². The number of methoxy groups -OCH3 is 1. The van der Waals surface area contributed by atoms with E-state index in [1.807, 2.05) is 0 Å². The smallest absolute Gasteiger partial charge is 0.415 e. The fraction of sp³-hybridized carbons (Fsp3) is 0.875. The number of carbonyl (C=O) groups is 1. The minimum absolute atomic E-state index is 0.0314. The van der Waals surface area contributed by atoms with Gasteiger partial charge in [-0.2, -0.15) is 13.2 Å². The molecule has 0 saturated carbocycles. The molecule has 0 aromatic carbocycles. The Bertz CT molecular complexity index is 241. The molecule has 1 heterocycles. The summed E-state index contributed by atoms with van der Waals surface area (Å²) in [4.78, 5) is 10.6. The molecule has 0 aromatic rings. The third-order valence-electron chi connectivity index (χ3n) is 2.21. The van der Waals surface area contributed by atoms with E-state index in [0.717, 1.165) is 0 Å². The highest BCUT2D eigenvalue weighted by molar-refractivity contribution is 5.71. The van der Waals surface area contributed by atoms with Gasteiger partial charge in [0.2, 0.25) is 0 Å². The fourth-order valence-corrected chi connectivity index (χ4v) is 1.59. The molecular weight excluding hydrogens is 217 g/mol. The van der Waals surface area contributed by atoms with Crippen molar-refractivity contribution >= 4 is 5.97 Å². The molecule has 1 saturated heterocycles. The summed E-state index contributed by atoms with van der Waals surface area (Å²) in [5, 5.41) is 8.61. The van der Waals surface area contributed by atoms with E-state index < -0.39 is 30.3 Å². The lowest BCUT2D eigenvalue weighted by atomic mass is 9.99. The molecule has 88 valence electrons. The lowest BCUT2D eigenvalue weighted by Crippen LogP contribution is -2.37. The summed E-state index contributed by atoms with van der Waals surface area (Å²) in [5.41, 5.74) is 0. The molecule has 7 heteroatoms. The summed E-state index contributed by atoms with van der Waals surface area (Å²) in [6, 6.07) is 0. The van der Waals surface area contributed by atoms with Gasteiger partial charge in [0.25, 0.3) is 0 Å². The molecule has 0 aliphatic carbocycles. The fourth-order valence-electron chi connectivity index (χ4n) is 1.59. The van der Waals surface area contributed by atoms with Gasteiger partial charge in [-0.3, -0.25) is 4.79 Å². The van der Waals surface area contributed by atoms with Gasteiger partial charge in [0, 0.05) is 7.11 Å². The van der Waals surface area contributed by atoms with Crippen molar-refractivity contribution in [2.24, 2.45) is 5.92 Å². The van der Waals surface area contributed by atoms with Gasteiger partial charge < -0.3 is 14.6 Å². The second kappa shape index (κ2) is 4.36. The summed E-state index contributed by atoms with van der Waals surface area (Å²) in [7, 11) is 1.32. The number of hydrogen-bond donors (Lipinski definition) is 1. The number of alkyl halides is 3. The van der Waals surface area contributed by atoms with Crippen LogP contribution in [0.1, 0.15) is 6.42 Å². The first kappa shape index (κ1) is 12.3. The Labute approximate surface area is 84.0 Å². The predicted octanol–water partition coefficient (Wildman–Crippen LogP) is 1.05. The van der Waals surface area contributed by atoms with Gasteiger partial charge in [-0.1, -0.05) is 0 Å². The highest BCUT2D eigenvalue weighted by atomic mass is 19.4. The standard InChI is InChI=1S/C8H11F3O4/c1-14-3-4-2-5(7(12)13)6(15-4)8(9,10)11/h4-6H,2-3H2,1H3,(H,12,13). The van der Waals surface area contributed by atoms with Crippen LogP contribution < -0.4 is 0 Å². The third kappa shape index (κ3) is 2.82. The zero-order valence-corrected chi connectivity index (χ0v) is 7.95. The van der Waals surface area contributed by atoms with Crippen LogP contribution in [0, 0.1) is 5.92 Å². The topological polar surface area (TPSA) is 55.8 Å². The average Bonchev–Trinajstić information content (AvgIpc) is 2.48. The van der Waals surface area contributed by atoms with Crippen molar-refractivity contribution in [1.29, 1.82) is 0 Å². The summed E-state index contributed by atoms with van der Waals surface area (Å²) in [6.07, 6.45) is -7.85. The molecule has 1 fully saturated rings. The first-order valence-corrected chi connectivity index (χ1v) is 4.30. The first-order chi connectivity index (χ1) is 6.86. The molecular formula is C8H11F3O4. The minimum atomic E-state index is -4.65. The number of rotatable bonds is 3. The van der Waals surface area contributed by atoms with Crippen LogP contribution in [-0.4, -0.2) is 43.2 Å². The molecule has 4 nitrogen and oxygen atoms in total. The quantitative estimate of drug-likeness (QED) is 0.784. The molecule has 0 amide bonds. The second-order valence-electron chi connectivity index (χ2n) is 3.36. The lowest BCUT2D eigenvalue weighted by Gasteiger charge is -2.18. The van der Waals surface area contributed by atoms with E-state index in [9.17, 15) is 18.0 Å². The molecule has 3 unspecified atom stereocenters. The number of hydrogen-bond acceptors (Lipinski definition) is 3. The number of aliphatic carboxylic acids is 1. The SMILES string of the molecule is COCC1CC(C(=O)O)C(C(F)(F)F)O1. The Morgan fingerprint density at radius 2 is 2.20 bits per heavy atom. The van der Waals surface area contributed by atoms with E-state index in [1.54, 1.807) is 0 Å². The molecule has 0 radical (unpaired) electrons. The van der Waals surface area contributed by atoms with Gasteiger partial charge >= 0.3 is 12.1 Å². The second-order valence-corrected chi connectivity index (χ2v) is 3.36. The van der Waals surface area contributed by atoms with Crippen LogP contribution in [0.15, 0.2) is 0 Å². The van der Waals surface area contributed by atoms with E-state index in [0.29, 0.717) is 0 Å². The van der Waals surface area contributed by atoms with Crippen molar-refractivity contribution in [3.05, 3.63) is 0 Å². The number of carboxylic acids is 1. The number of carboxylic acid groups (broad SMARTS) is 1. The Kier molecular flexibility index (Phi) is 3.56. The highest BCUT2D eigenvalue weighted by Gasteiger charge is 2.54. The molecule has 1 N–H and O–H groups in total. The summed E-state index contributed by atoms with van der Waals surface area (Å²) in [6.45, 7) is -0.0314. The monoisotopic (exact) mass is 228 g/mol. The maximum atomic E-state index is 12.4. The Morgan fingerprint density at radius 1 is 1.60 bits per heavy atom. The van der Waals surface area contributed by atoms with Crippen LogP contribution >= 0.6 is 0 Å².